The Morgan fingerprint density at radius 3 is 2.59 bits per heavy atom. The van der Waals surface area contributed by atoms with Crippen LogP contribution in [0.4, 0.5) is 0 Å². The summed E-state index contributed by atoms with van der Waals surface area (Å²) in [7, 11) is 0. The van der Waals surface area contributed by atoms with E-state index in [1.807, 2.05) is 48.2 Å². The van der Waals surface area contributed by atoms with E-state index in [9.17, 15) is 0 Å². The smallest absolute Gasteiger partial charge is 0.219 e. The fourth-order valence-corrected chi connectivity index (χ4v) is 2.55. The molecule has 1 fully saturated rings. The van der Waals surface area contributed by atoms with Crippen LogP contribution in [0, 0.1) is 0 Å². The molecule has 2 heterocycles. The molecular weight excluding hydrogens is 459 g/mol. The van der Waals surface area contributed by atoms with Crippen molar-refractivity contribution >= 4 is 29.9 Å². The fraction of sp³-hybridized carbons (Fsp3) is 0.368. The third-order valence-electron chi connectivity index (χ3n) is 3.92. The molecule has 146 valence electrons. The van der Waals surface area contributed by atoms with Gasteiger partial charge in [0.2, 0.25) is 5.88 Å². The number of hydrogen-bond acceptors (Lipinski definition) is 5. The Kier molecular flexibility index (Phi) is 8.59. The molecule has 1 aromatic carbocycles. The second-order valence-electron chi connectivity index (χ2n) is 5.76. The topological polar surface area (TPSA) is 82.2 Å². The largest absolute Gasteiger partial charge is 0.490 e. The number of rotatable bonds is 6. The predicted molar refractivity (Wildman–Crippen MR) is 115 cm³/mol. The summed E-state index contributed by atoms with van der Waals surface area (Å²) < 4.78 is 16.7. The molecule has 1 aliphatic heterocycles. The lowest BCUT2D eigenvalue weighted by Crippen LogP contribution is -2.44. The van der Waals surface area contributed by atoms with E-state index in [1.165, 1.54) is 0 Å². The molecule has 7 nitrogen and oxygen atoms in total. The molecule has 8 heteroatoms. The Hall–Kier alpha value is -2.07. The first-order chi connectivity index (χ1) is 12.8. The van der Waals surface area contributed by atoms with Crippen LogP contribution in [0.15, 0.2) is 47.6 Å². The number of aliphatic imine (C=N–C) groups is 1. The summed E-state index contributed by atoms with van der Waals surface area (Å²) in [5, 5.41) is 0. The SMILES string of the molecule is CCOc1ccccc1Oc1ccc(CN=C(N)N2CCOCC2)cn1.I. The van der Waals surface area contributed by atoms with Gasteiger partial charge in [-0.25, -0.2) is 9.98 Å². The van der Waals surface area contributed by atoms with Crippen LogP contribution in [0.25, 0.3) is 0 Å². The Morgan fingerprint density at radius 2 is 1.93 bits per heavy atom. The highest BCUT2D eigenvalue weighted by atomic mass is 127. The zero-order valence-electron chi connectivity index (χ0n) is 15.3. The van der Waals surface area contributed by atoms with Gasteiger partial charge in [-0.1, -0.05) is 18.2 Å². The predicted octanol–water partition coefficient (Wildman–Crippen LogP) is 3.04. The van der Waals surface area contributed by atoms with E-state index in [4.69, 9.17) is 19.9 Å². The van der Waals surface area contributed by atoms with Gasteiger partial charge in [-0.2, -0.15) is 0 Å². The molecule has 0 saturated carbocycles. The number of guanidine groups is 1. The Balaban J connectivity index is 0.00000261. The molecule has 0 amide bonds. The van der Waals surface area contributed by atoms with Gasteiger partial charge in [-0.15, -0.1) is 24.0 Å². The van der Waals surface area contributed by atoms with Crippen LogP contribution in [-0.2, 0) is 11.3 Å². The Labute approximate surface area is 176 Å². The number of halogens is 1. The molecular formula is C19H25IN4O3. The summed E-state index contributed by atoms with van der Waals surface area (Å²) in [6, 6.07) is 11.3. The quantitative estimate of drug-likeness (QED) is 0.386. The molecule has 0 aliphatic carbocycles. The van der Waals surface area contributed by atoms with Crippen molar-refractivity contribution in [3.8, 4) is 17.4 Å². The lowest BCUT2D eigenvalue weighted by molar-refractivity contribution is 0.0674. The van der Waals surface area contributed by atoms with Gasteiger partial charge < -0.3 is 24.8 Å². The van der Waals surface area contributed by atoms with E-state index in [2.05, 4.69) is 9.98 Å². The fourth-order valence-electron chi connectivity index (χ4n) is 2.55. The summed E-state index contributed by atoms with van der Waals surface area (Å²) in [6.07, 6.45) is 1.74. The van der Waals surface area contributed by atoms with Gasteiger partial charge in [-0.05, 0) is 24.6 Å². The summed E-state index contributed by atoms with van der Waals surface area (Å²) in [4.78, 5) is 10.8. The summed E-state index contributed by atoms with van der Waals surface area (Å²) in [5.74, 6) is 2.39. The van der Waals surface area contributed by atoms with Crippen LogP contribution in [0.5, 0.6) is 17.4 Å². The highest BCUT2D eigenvalue weighted by molar-refractivity contribution is 14.0. The van der Waals surface area contributed by atoms with Crippen molar-refractivity contribution in [1.82, 2.24) is 9.88 Å². The summed E-state index contributed by atoms with van der Waals surface area (Å²) in [5.41, 5.74) is 7.00. The normalized spacial score (nSPS) is 14.4. The zero-order chi connectivity index (χ0) is 18.2. The van der Waals surface area contributed by atoms with Crippen molar-refractivity contribution in [2.24, 2.45) is 10.7 Å². The number of benzene rings is 1. The van der Waals surface area contributed by atoms with Crippen molar-refractivity contribution < 1.29 is 14.2 Å². The summed E-state index contributed by atoms with van der Waals surface area (Å²) in [6.45, 7) is 5.92. The minimum Gasteiger partial charge on any atom is -0.490 e. The van der Waals surface area contributed by atoms with E-state index in [0.29, 0.717) is 49.7 Å². The van der Waals surface area contributed by atoms with Crippen molar-refractivity contribution in [2.75, 3.05) is 32.9 Å². The van der Waals surface area contributed by atoms with Crippen LogP contribution in [0.1, 0.15) is 12.5 Å². The molecule has 27 heavy (non-hydrogen) atoms. The van der Waals surface area contributed by atoms with E-state index in [1.54, 1.807) is 6.20 Å². The number of hydrogen-bond donors (Lipinski definition) is 1. The van der Waals surface area contributed by atoms with Gasteiger partial charge in [0.25, 0.3) is 0 Å². The van der Waals surface area contributed by atoms with E-state index < -0.39 is 0 Å². The third kappa shape index (κ3) is 6.24. The molecule has 0 atom stereocenters. The lowest BCUT2D eigenvalue weighted by Gasteiger charge is -2.27. The van der Waals surface area contributed by atoms with Crippen LogP contribution in [-0.4, -0.2) is 48.8 Å². The second-order valence-corrected chi connectivity index (χ2v) is 5.76. The van der Waals surface area contributed by atoms with Crippen LogP contribution in [0.3, 0.4) is 0 Å². The van der Waals surface area contributed by atoms with Crippen molar-refractivity contribution in [1.29, 1.82) is 0 Å². The molecule has 0 spiro atoms. The number of morpholine rings is 1. The molecule has 3 rings (SSSR count). The highest BCUT2D eigenvalue weighted by Crippen LogP contribution is 2.30. The van der Waals surface area contributed by atoms with Crippen molar-refractivity contribution in [3.05, 3.63) is 48.2 Å². The standard InChI is InChI=1S/C19H24N4O3.HI/c1-2-25-16-5-3-4-6-17(16)26-18-8-7-15(13-21-18)14-22-19(20)23-9-11-24-12-10-23;/h3-8,13H,2,9-12,14H2,1H3,(H2,20,22);1H. The van der Waals surface area contributed by atoms with Crippen LogP contribution < -0.4 is 15.2 Å². The Bertz CT molecular complexity index is 734. The van der Waals surface area contributed by atoms with Crippen LogP contribution >= 0.6 is 24.0 Å². The van der Waals surface area contributed by atoms with Crippen molar-refractivity contribution in [2.45, 2.75) is 13.5 Å². The summed E-state index contributed by atoms with van der Waals surface area (Å²) >= 11 is 0. The second kappa shape index (κ2) is 10.9. The number of ether oxygens (including phenoxy) is 3. The molecule has 2 aromatic rings. The van der Waals surface area contributed by atoms with E-state index >= 15 is 0 Å². The van der Waals surface area contributed by atoms with E-state index in [0.717, 1.165) is 18.7 Å². The zero-order valence-corrected chi connectivity index (χ0v) is 17.7. The van der Waals surface area contributed by atoms with Gasteiger partial charge in [0, 0.05) is 25.4 Å². The number of pyridine rings is 1. The van der Waals surface area contributed by atoms with Gasteiger partial charge in [0.1, 0.15) is 0 Å². The molecule has 0 unspecified atom stereocenters. The van der Waals surface area contributed by atoms with Gasteiger partial charge in [-0.3, -0.25) is 0 Å². The molecule has 1 aromatic heterocycles. The first-order valence-electron chi connectivity index (χ1n) is 8.73. The van der Waals surface area contributed by atoms with Crippen molar-refractivity contribution in [3.63, 3.8) is 0 Å². The van der Waals surface area contributed by atoms with Gasteiger partial charge in [0.05, 0.1) is 26.4 Å². The van der Waals surface area contributed by atoms with Gasteiger partial charge >= 0.3 is 0 Å². The molecule has 2 N–H and O–H groups in total. The monoisotopic (exact) mass is 484 g/mol. The lowest BCUT2D eigenvalue weighted by atomic mass is 10.3. The first-order valence-corrected chi connectivity index (χ1v) is 8.73. The minimum atomic E-state index is 0. The average molecular weight is 484 g/mol. The maximum Gasteiger partial charge on any atom is 0.219 e. The third-order valence-corrected chi connectivity index (χ3v) is 3.92. The average Bonchev–Trinajstić information content (AvgIpc) is 2.69. The first kappa shape index (κ1) is 21.2. The maximum atomic E-state index is 6.03. The minimum absolute atomic E-state index is 0. The highest BCUT2D eigenvalue weighted by Gasteiger charge is 2.12. The molecule has 0 radical (unpaired) electrons. The number of nitrogens with zero attached hydrogens (tertiary/aromatic N) is 3. The molecule has 1 aliphatic rings. The van der Waals surface area contributed by atoms with E-state index in [-0.39, 0.29) is 24.0 Å². The number of nitrogens with two attached hydrogens (primary N) is 1. The molecule has 0 bridgehead atoms. The Morgan fingerprint density at radius 1 is 1.19 bits per heavy atom. The van der Waals surface area contributed by atoms with Gasteiger partial charge in [0.15, 0.2) is 17.5 Å². The maximum absolute atomic E-state index is 6.03. The number of aromatic nitrogens is 1. The molecule has 1 saturated heterocycles. The number of para-hydroxylation sites is 2. The van der Waals surface area contributed by atoms with Crippen LogP contribution in [0.2, 0.25) is 0 Å².